The normalized spacial score (nSPS) is 13.8. The summed E-state index contributed by atoms with van der Waals surface area (Å²) in [7, 11) is 0. The first-order chi connectivity index (χ1) is 12.1. The predicted octanol–water partition coefficient (Wildman–Crippen LogP) is 3.65. The van der Waals surface area contributed by atoms with Gasteiger partial charge in [-0.1, -0.05) is 18.7 Å². The monoisotopic (exact) mass is 352 g/mol. The zero-order chi connectivity index (χ0) is 17.8. The average molecular weight is 352 g/mol. The number of carbonyl (C=O) groups is 1. The topological polar surface area (TPSA) is 78.7 Å². The maximum atomic E-state index is 12.6. The highest BCUT2D eigenvalue weighted by atomic mass is 32.2. The fourth-order valence-electron chi connectivity index (χ4n) is 2.89. The lowest BCUT2D eigenvalue weighted by Crippen LogP contribution is -2.25. The van der Waals surface area contributed by atoms with Crippen LogP contribution in [0, 0.1) is 18.3 Å². The van der Waals surface area contributed by atoms with Crippen molar-refractivity contribution in [1.29, 1.82) is 5.26 Å². The van der Waals surface area contributed by atoms with Crippen molar-refractivity contribution in [2.75, 3.05) is 5.32 Å². The van der Waals surface area contributed by atoms with E-state index in [1.807, 2.05) is 32.0 Å². The summed E-state index contributed by atoms with van der Waals surface area (Å²) in [6.45, 7) is 3.91. The number of thioether (sulfide) groups is 1. The van der Waals surface area contributed by atoms with Gasteiger partial charge in [-0.15, -0.1) is 0 Å². The second kappa shape index (κ2) is 7.66. The molecule has 2 aromatic rings. The molecule has 1 amide bonds. The van der Waals surface area contributed by atoms with E-state index >= 15 is 0 Å². The van der Waals surface area contributed by atoms with Crippen LogP contribution >= 0.6 is 11.8 Å². The van der Waals surface area contributed by atoms with Gasteiger partial charge in [-0.25, -0.2) is 9.97 Å². The first kappa shape index (κ1) is 17.4. The SMILES string of the molecule is CCC(Sc1nc2c(cc1C#N)CCC2)C(=O)Nc1cc(C)ccn1. The molecular weight excluding hydrogens is 332 g/mol. The minimum atomic E-state index is -0.318. The smallest absolute Gasteiger partial charge is 0.239 e. The van der Waals surface area contributed by atoms with Crippen LogP contribution < -0.4 is 5.32 Å². The number of carbonyl (C=O) groups excluding carboxylic acids is 1. The predicted molar refractivity (Wildman–Crippen MR) is 98.5 cm³/mol. The summed E-state index contributed by atoms with van der Waals surface area (Å²) in [6.07, 6.45) is 5.34. The van der Waals surface area contributed by atoms with Crippen LogP contribution in [0.2, 0.25) is 0 Å². The van der Waals surface area contributed by atoms with Crippen LogP contribution in [0.15, 0.2) is 29.4 Å². The quantitative estimate of drug-likeness (QED) is 0.831. The Kier molecular flexibility index (Phi) is 5.34. The van der Waals surface area contributed by atoms with Gasteiger partial charge in [-0.2, -0.15) is 5.26 Å². The Morgan fingerprint density at radius 2 is 2.28 bits per heavy atom. The molecule has 1 aliphatic rings. The van der Waals surface area contributed by atoms with Crippen molar-refractivity contribution in [2.24, 2.45) is 0 Å². The number of hydrogen-bond donors (Lipinski definition) is 1. The molecule has 1 unspecified atom stereocenters. The summed E-state index contributed by atoms with van der Waals surface area (Å²) in [4.78, 5) is 21.4. The van der Waals surface area contributed by atoms with Gasteiger partial charge in [0.15, 0.2) is 0 Å². The summed E-state index contributed by atoms with van der Waals surface area (Å²) in [5.74, 6) is 0.434. The van der Waals surface area contributed by atoms with E-state index < -0.39 is 0 Å². The number of pyridine rings is 2. The summed E-state index contributed by atoms with van der Waals surface area (Å²) in [6, 6.07) is 7.88. The first-order valence-corrected chi connectivity index (χ1v) is 9.31. The molecule has 2 heterocycles. The van der Waals surface area contributed by atoms with Crippen molar-refractivity contribution in [3.63, 3.8) is 0 Å². The van der Waals surface area contributed by atoms with E-state index in [2.05, 4.69) is 21.4 Å². The number of nitriles is 1. The lowest BCUT2D eigenvalue weighted by Gasteiger charge is -2.15. The third-order valence-electron chi connectivity index (χ3n) is 4.22. The Balaban J connectivity index is 1.78. The number of nitrogens with zero attached hydrogens (tertiary/aromatic N) is 3. The summed E-state index contributed by atoms with van der Waals surface area (Å²) in [5.41, 5.74) is 3.84. The van der Waals surface area contributed by atoms with Crippen molar-refractivity contribution in [3.8, 4) is 6.07 Å². The molecule has 5 nitrogen and oxygen atoms in total. The number of anilines is 1. The van der Waals surface area contributed by atoms with E-state index in [1.54, 1.807) is 6.20 Å². The van der Waals surface area contributed by atoms with Gasteiger partial charge in [0.25, 0.3) is 0 Å². The number of amides is 1. The Hall–Kier alpha value is -2.39. The molecule has 1 N–H and O–H groups in total. The number of fused-ring (bicyclic) bond motifs is 1. The van der Waals surface area contributed by atoms with Crippen molar-refractivity contribution in [2.45, 2.75) is 49.8 Å². The molecule has 1 atom stereocenters. The fourth-order valence-corrected chi connectivity index (χ4v) is 3.89. The molecule has 3 rings (SSSR count). The summed E-state index contributed by atoms with van der Waals surface area (Å²) >= 11 is 1.36. The lowest BCUT2D eigenvalue weighted by molar-refractivity contribution is -0.115. The third-order valence-corrected chi connectivity index (χ3v) is 5.59. The molecule has 0 saturated carbocycles. The van der Waals surface area contributed by atoms with Crippen LogP contribution in [0.5, 0.6) is 0 Å². The number of nitrogens with one attached hydrogen (secondary N) is 1. The molecule has 0 aliphatic heterocycles. The Bertz CT molecular complexity index is 844. The first-order valence-electron chi connectivity index (χ1n) is 8.43. The standard InChI is InChI=1S/C19H20N4OS/c1-3-16(18(24)23-17-9-12(2)7-8-21-17)25-19-14(11-20)10-13-5-4-6-15(13)22-19/h7-10,16H,3-6H2,1-2H3,(H,21,23,24). The van der Waals surface area contributed by atoms with E-state index in [9.17, 15) is 10.1 Å². The largest absolute Gasteiger partial charge is 0.310 e. The highest BCUT2D eigenvalue weighted by molar-refractivity contribution is 8.00. The number of aromatic nitrogens is 2. The van der Waals surface area contributed by atoms with Gasteiger partial charge in [0.05, 0.1) is 10.8 Å². The molecular formula is C19H20N4OS. The lowest BCUT2D eigenvalue weighted by atomic mass is 10.2. The molecule has 0 bridgehead atoms. The molecule has 0 saturated heterocycles. The van der Waals surface area contributed by atoms with Crippen molar-refractivity contribution in [3.05, 3.63) is 46.8 Å². The second-order valence-corrected chi connectivity index (χ2v) is 7.33. The van der Waals surface area contributed by atoms with Gasteiger partial charge in [-0.05, 0) is 61.9 Å². The molecule has 0 aromatic carbocycles. The van der Waals surface area contributed by atoms with E-state index in [0.29, 0.717) is 22.8 Å². The number of rotatable bonds is 5. The van der Waals surface area contributed by atoms with E-state index in [4.69, 9.17) is 0 Å². The second-order valence-electron chi connectivity index (χ2n) is 6.13. The molecule has 0 radical (unpaired) electrons. The van der Waals surface area contributed by atoms with E-state index in [-0.39, 0.29) is 11.2 Å². The van der Waals surface area contributed by atoms with Crippen molar-refractivity contribution < 1.29 is 4.79 Å². The summed E-state index contributed by atoms with van der Waals surface area (Å²) in [5, 5.41) is 12.6. The molecule has 1 aliphatic carbocycles. The minimum absolute atomic E-state index is 0.114. The van der Waals surface area contributed by atoms with Crippen LogP contribution in [0.3, 0.4) is 0 Å². The molecule has 25 heavy (non-hydrogen) atoms. The highest BCUT2D eigenvalue weighted by Crippen LogP contribution is 2.31. The molecule has 6 heteroatoms. The van der Waals surface area contributed by atoms with Gasteiger partial charge in [0, 0.05) is 11.9 Å². The maximum absolute atomic E-state index is 12.6. The van der Waals surface area contributed by atoms with Gasteiger partial charge in [-0.3, -0.25) is 4.79 Å². The minimum Gasteiger partial charge on any atom is -0.310 e. The highest BCUT2D eigenvalue weighted by Gasteiger charge is 2.23. The van der Waals surface area contributed by atoms with Gasteiger partial charge in [0.1, 0.15) is 16.9 Å². The zero-order valence-corrected chi connectivity index (χ0v) is 15.2. The molecule has 128 valence electrons. The maximum Gasteiger partial charge on any atom is 0.239 e. The van der Waals surface area contributed by atoms with Crippen LogP contribution in [0.1, 0.15) is 42.1 Å². The van der Waals surface area contributed by atoms with Crippen LogP contribution in [-0.4, -0.2) is 21.1 Å². The Morgan fingerprint density at radius 1 is 1.44 bits per heavy atom. The number of aryl methyl sites for hydroxylation is 3. The number of hydrogen-bond acceptors (Lipinski definition) is 5. The van der Waals surface area contributed by atoms with E-state index in [0.717, 1.165) is 30.5 Å². The van der Waals surface area contributed by atoms with Crippen LogP contribution in [0.4, 0.5) is 5.82 Å². The van der Waals surface area contributed by atoms with Crippen LogP contribution in [0.25, 0.3) is 0 Å². The fraction of sp³-hybridized carbons (Fsp3) is 0.368. The van der Waals surface area contributed by atoms with Gasteiger partial charge >= 0.3 is 0 Å². The Morgan fingerprint density at radius 3 is 3.00 bits per heavy atom. The third kappa shape index (κ3) is 3.99. The molecule has 0 spiro atoms. The molecule has 0 fully saturated rings. The zero-order valence-electron chi connectivity index (χ0n) is 14.4. The molecule has 2 aromatic heterocycles. The average Bonchev–Trinajstić information content (AvgIpc) is 3.05. The Labute approximate surface area is 151 Å². The van der Waals surface area contributed by atoms with Gasteiger partial charge < -0.3 is 5.32 Å². The van der Waals surface area contributed by atoms with Crippen molar-refractivity contribution in [1.82, 2.24) is 9.97 Å². The van der Waals surface area contributed by atoms with E-state index in [1.165, 1.54) is 17.3 Å². The van der Waals surface area contributed by atoms with Crippen molar-refractivity contribution >= 4 is 23.5 Å². The van der Waals surface area contributed by atoms with Crippen LogP contribution in [-0.2, 0) is 17.6 Å². The van der Waals surface area contributed by atoms with Gasteiger partial charge in [0.2, 0.25) is 5.91 Å². The summed E-state index contributed by atoms with van der Waals surface area (Å²) < 4.78 is 0.